The quantitative estimate of drug-likeness (QED) is 0.659. The number of rotatable bonds is 5. The second-order valence-electron chi connectivity index (χ2n) is 4.52. The molecule has 0 nitrogen and oxygen atoms in total. The van der Waals surface area contributed by atoms with Crippen molar-refractivity contribution >= 4 is 0 Å². The normalized spacial score (nSPS) is 14.9. The van der Waals surface area contributed by atoms with Crippen LogP contribution in [0.25, 0.3) is 0 Å². The highest BCUT2D eigenvalue weighted by Gasteiger charge is 2.23. The number of halogens is 1. The first-order chi connectivity index (χ1) is 7.12. The van der Waals surface area contributed by atoms with Crippen LogP contribution in [-0.4, -0.2) is 0 Å². The highest BCUT2D eigenvalue weighted by molar-refractivity contribution is 5.24. The minimum atomic E-state index is -0.146. The summed E-state index contributed by atoms with van der Waals surface area (Å²) in [7, 11) is 0. The molecule has 0 aliphatic rings. The summed E-state index contributed by atoms with van der Waals surface area (Å²) in [5.74, 6) is -0.146. The van der Waals surface area contributed by atoms with Crippen LogP contribution < -0.4 is 0 Å². The average Bonchev–Trinajstić information content (AvgIpc) is 2.27. The van der Waals surface area contributed by atoms with Gasteiger partial charge in [-0.2, -0.15) is 0 Å². The number of unbranched alkanes of at least 4 members (excludes halogenated alkanes) is 1. The van der Waals surface area contributed by atoms with Crippen LogP contribution in [0.1, 0.15) is 52.0 Å². The smallest absolute Gasteiger partial charge is 0.123 e. The fourth-order valence-electron chi connectivity index (χ4n) is 1.94. The molecule has 1 rings (SSSR count). The lowest BCUT2D eigenvalue weighted by Gasteiger charge is -2.29. The summed E-state index contributed by atoms with van der Waals surface area (Å²) >= 11 is 0. The minimum Gasteiger partial charge on any atom is -0.207 e. The van der Waals surface area contributed by atoms with E-state index >= 15 is 0 Å². The van der Waals surface area contributed by atoms with E-state index in [1.54, 1.807) is 12.1 Å². The number of hydrogen-bond acceptors (Lipinski definition) is 0. The van der Waals surface area contributed by atoms with E-state index in [2.05, 4.69) is 20.8 Å². The van der Waals surface area contributed by atoms with Gasteiger partial charge in [0, 0.05) is 0 Å². The van der Waals surface area contributed by atoms with E-state index in [0.29, 0.717) is 0 Å². The standard InChI is InChI=1S/C14H21F/c1-4-6-11-14(3,5-2)12-7-9-13(15)10-8-12/h7-10H,4-6,11H2,1-3H3. The first-order valence-corrected chi connectivity index (χ1v) is 5.88. The fourth-order valence-corrected chi connectivity index (χ4v) is 1.94. The van der Waals surface area contributed by atoms with Crippen molar-refractivity contribution in [1.82, 2.24) is 0 Å². The molecule has 1 unspecified atom stereocenters. The van der Waals surface area contributed by atoms with Gasteiger partial charge in [0.05, 0.1) is 0 Å². The van der Waals surface area contributed by atoms with Gasteiger partial charge in [-0.3, -0.25) is 0 Å². The Morgan fingerprint density at radius 1 is 1.13 bits per heavy atom. The van der Waals surface area contributed by atoms with E-state index in [9.17, 15) is 4.39 Å². The van der Waals surface area contributed by atoms with E-state index in [1.165, 1.54) is 24.8 Å². The lowest BCUT2D eigenvalue weighted by molar-refractivity contribution is 0.402. The lowest BCUT2D eigenvalue weighted by atomic mass is 9.76. The van der Waals surface area contributed by atoms with Crippen LogP contribution in [-0.2, 0) is 5.41 Å². The van der Waals surface area contributed by atoms with Gasteiger partial charge < -0.3 is 0 Å². The third-order valence-corrected chi connectivity index (χ3v) is 3.40. The fraction of sp³-hybridized carbons (Fsp3) is 0.571. The molecule has 0 spiro atoms. The van der Waals surface area contributed by atoms with Gasteiger partial charge in [-0.15, -0.1) is 0 Å². The molecule has 0 aliphatic carbocycles. The molecule has 1 aromatic carbocycles. The Hall–Kier alpha value is -0.850. The van der Waals surface area contributed by atoms with Crippen molar-refractivity contribution in [2.24, 2.45) is 0 Å². The largest absolute Gasteiger partial charge is 0.207 e. The third kappa shape index (κ3) is 3.05. The molecule has 0 saturated carbocycles. The van der Waals surface area contributed by atoms with Crippen molar-refractivity contribution in [3.05, 3.63) is 35.6 Å². The first kappa shape index (κ1) is 12.2. The molecule has 0 N–H and O–H groups in total. The Kier molecular flexibility index (Phi) is 4.31. The number of benzene rings is 1. The van der Waals surface area contributed by atoms with E-state index < -0.39 is 0 Å². The van der Waals surface area contributed by atoms with Crippen LogP contribution in [0.15, 0.2) is 24.3 Å². The molecule has 0 heterocycles. The Labute approximate surface area is 92.5 Å². The van der Waals surface area contributed by atoms with E-state index in [0.717, 1.165) is 6.42 Å². The van der Waals surface area contributed by atoms with Crippen LogP contribution in [0.4, 0.5) is 4.39 Å². The molecule has 0 bridgehead atoms. The predicted molar refractivity (Wildman–Crippen MR) is 63.6 cm³/mol. The third-order valence-electron chi connectivity index (χ3n) is 3.40. The summed E-state index contributed by atoms with van der Waals surface area (Å²) in [5.41, 5.74) is 1.48. The lowest BCUT2D eigenvalue weighted by Crippen LogP contribution is -2.20. The SMILES string of the molecule is CCCCC(C)(CC)c1ccc(F)cc1. The van der Waals surface area contributed by atoms with E-state index in [1.807, 2.05) is 12.1 Å². The topological polar surface area (TPSA) is 0 Å². The molecule has 0 aliphatic heterocycles. The average molecular weight is 208 g/mol. The van der Waals surface area contributed by atoms with Crippen molar-refractivity contribution in [3.63, 3.8) is 0 Å². The number of hydrogen-bond donors (Lipinski definition) is 0. The molecule has 1 aromatic rings. The second-order valence-corrected chi connectivity index (χ2v) is 4.52. The molecule has 84 valence electrons. The van der Waals surface area contributed by atoms with Crippen molar-refractivity contribution in [2.45, 2.75) is 51.9 Å². The van der Waals surface area contributed by atoms with Crippen LogP contribution >= 0.6 is 0 Å². The maximum Gasteiger partial charge on any atom is 0.123 e. The highest BCUT2D eigenvalue weighted by Crippen LogP contribution is 2.32. The van der Waals surface area contributed by atoms with E-state index in [4.69, 9.17) is 0 Å². The summed E-state index contributed by atoms with van der Waals surface area (Å²) in [6.45, 7) is 6.69. The molecule has 15 heavy (non-hydrogen) atoms. The van der Waals surface area contributed by atoms with Gasteiger partial charge >= 0.3 is 0 Å². The maximum absolute atomic E-state index is 12.8. The van der Waals surface area contributed by atoms with E-state index in [-0.39, 0.29) is 11.2 Å². The predicted octanol–water partition coefficient (Wildman–Crippen LogP) is 4.68. The molecular formula is C14H21F. The molecule has 1 atom stereocenters. The minimum absolute atomic E-state index is 0.146. The molecule has 0 radical (unpaired) electrons. The van der Waals surface area contributed by atoms with Gasteiger partial charge in [-0.05, 0) is 36.0 Å². The van der Waals surface area contributed by atoms with Crippen LogP contribution in [0.5, 0.6) is 0 Å². The highest BCUT2D eigenvalue weighted by atomic mass is 19.1. The Morgan fingerprint density at radius 3 is 2.20 bits per heavy atom. The molecule has 0 aromatic heterocycles. The van der Waals surface area contributed by atoms with Gasteiger partial charge in [0.1, 0.15) is 5.82 Å². The summed E-state index contributed by atoms with van der Waals surface area (Å²) < 4.78 is 12.8. The van der Waals surface area contributed by atoms with Crippen molar-refractivity contribution in [1.29, 1.82) is 0 Å². The maximum atomic E-state index is 12.8. The summed E-state index contributed by atoms with van der Waals surface area (Å²) in [4.78, 5) is 0. The molecule has 1 heteroatoms. The zero-order chi connectivity index (χ0) is 11.3. The Bertz CT molecular complexity index is 289. The van der Waals surface area contributed by atoms with Gasteiger partial charge in [0.15, 0.2) is 0 Å². The van der Waals surface area contributed by atoms with Crippen LogP contribution in [0.2, 0.25) is 0 Å². The summed E-state index contributed by atoms with van der Waals surface area (Å²) in [6, 6.07) is 6.98. The van der Waals surface area contributed by atoms with Gasteiger partial charge in [0.2, 0.25) is 0 Å². The van der Waals surface area contributed by atoms with Gasteiger partial charge in [-0.25, -0.2) is 4.39 Å². The van der Waals surface area contributed by atoms with Gasteiger partial charge in [0.25, 0.3) is 0 Å². The van der Waals surface area contributed by atoms with Crippen molar-refractivity contribution < 1.29 is 4.39 Å². The Balaban J connectivity index is 2.85. The summed E-state index contributed by atoms with van der Waals surface area (Å²) in [5, 5.41) is 0. The molecule has 0 amide bonds. The molecule has 0 saturated heterocycles. The molecular weight excluding hydrogens is 187 g/mol. The Morgan fingerprint density at radius 2 is 1.73 bits per heavy atom. The second kappa shape index (κ2) is 5.29. The van der Waals surface area contributed by atoms with Gasteiger partial charge in [-0.1, -0.05) is 45.7 Å². The molecule has 0 fully saturated rings. The zero-order valence-corrected chi connectivity index (χ0v) is 10.0. The van der Waals surface area contributed by atoms with Crippen molar-refractivity contribution in [2.75, 3.05) is 0 Å². The van der Waals surface area contributed by atoms with Crippen LogP contribution in [0, 0.1) is 5.82 Å². The zero-order valence-electron chi connectivity index (χ0n) is 10.0. The van der Waals surface area contributed by atoms with Crippen molar-refractivity contribution in [3.8, 4) is 0 Å². The monoisotopic (exact) mass is 208 g/mol. The summed E-state index contributed by atoms with van der Waals surface area (Å²) in [6.07, 6.45) is 4.75. The first-order valence-electron chi connectivity index (χ1n) is 5.88. The van der Waals surface area contributed by atoms with Crippen LogP contribution in [0.3, 0.4) is 0 Å².